The van der Waals surface area contributed by atoms with Gasteiger partial charge in [0.1, 0.15) is 5.60 Å². The lowest BCUT2D eigenvalue weighted by atomic mass is 9.82. The smallest absolute Gasteiger partial charge is 0.335 e. The average Bonchev–Trinajstić information content (AvgIpc) is 3.05. The molecule has 0 aromatic rings. The standard InChI is InChI=1S/C14H22O3/c1-2-14(9-10-5-6-11(14)8-10)17-13(15)12-4-3-7-16-12/h10-12H,2-9H2,1H3/t10-,11+,12?,14+/m0/s1. The molecule has 0 aromatic heterocycles. The molecule has 0 amide bonds. The molecular weight excluding hydrogens is 216 g/mol. The Hall–Kier alpha value is -0.570. The fraction of sp³-hybridized carbons (Fsp3) is 0.929. The third-order valence-corrected chi connectivity index (χ3v) is 5.01. The molecule has 1 heterocycles. The van der Waals surface area contributed by atoms with Crippen LogP contribution in [0.3, 0.4) is 0 Å². The summed E-state index contributed by atoms with van der Waals surface area (Å²) in [6, 6.07) is 0. The third-order valence-electron chi connectivity index (χ3n) is 5.01. The number of esters is 1. The second-order valence-corrected chi connectivity index (χ2v) is 5.92. The zero-order chi connectivity index (χ0) is 11.9. The SMILES string of the molecule is CC[C@@]1(OC(=O)C2CCCO2)C[C@H]2CC[C@@H]1C2. The Morgan fingerprint density at radius 3 is 2.82 bits per heavy atom. The van der Waals surface area contributed by atoms with Gasteiger partial charge in [0, 0.05) is 6.61 Å². The molecule has 3 heteroatoms. The van der Waals surface area contributed by atoms with Gasteiger partial charge in [0.2, 0.25) is 0 Å². The molecule has 1 unspecified atom stereocenters. The molecule has 3 nitrogen and oxygen atoms in total. The summed E-state index contributed by atoms with van der Waals surface area (Å²) in [6.45, 7) is 2.87. The van der Waals surface area contributed by atoms with Gasteiger partial charge in [-0.05, 0) is 56.8 Å². The second kappa shape index (κ2) is 4.27. The van der Waals surface area contributed by atoms with E-state index in [4.69, 9.17) is 9.47 Å². The van der Waals surface area contributed by atoms with E-state index >= 15 is 0 Å². The first-order chi connectivity index (χ1) is 8.23. The first-order valence-corrected chi connectivity index (χ1v) is 7.08. The van der Waals surface area contributed by atoms with Crippen LogP contribution in [-0.2, 0) is 14.3 Å². The second-order valence-electron chi connectivity index (χ2n) is 5.92. The molecule has 1 aliphatic heterocycles. The van der Waals surface area contributed by atoms with E-state index in [0.717, 1.165) is 31.6 Å². The summed E-state index contributed by atoms with van der Waals surface area (Å²) in [5.74, 6) is 1.32. The topological polar surface area (TPSA) is 35.5 Å². The van der Waals surface area contributed by atoms with Gasteiger partial charge in [0.25, 0.3) is 0 Å². The van der Waals surface area contributed by atoms with Crippen molar-refractivity contribution in [1.29, 1.82) is 0 Å². The molecule has 0 radical (unpaired) electrons. The number of hydrogen-bond acceptors (Lipinski definition) is 3. The molecule has 3 aliphatic rings. The molecule has 96 valence electrons. The minimum absolute atomic E-state index is 0.100. The average molecular weight is 238 g/mol. The van der Waals surface area contributed by atoms with Gasteiger partial charge in [0.15, 0.2) is 6.10 Å². The van der Waals surface area contributed by atoms with Crippen molar-refractivity contribution in [3.8, 4) is 0 Å². The van der Waals surface area contributed by atoms with Crippen LogP contribution in [0.2, 0.25) is 0 Å². The van der Waals surface area contributed by atoms with Crippen molar-refractivity contribution < 1.29 is 14.3 Å². The van der Waals surface area contributed by atoms with E-state index in [9.17, 15) is 4.79 Å². The Kier molecular flexibility index (Phi) is 2.89. The van der Waals surface area contributed by atoms with Gasteiger partial charge >= 0.3 is 5.97 Å². The van der Waals surface area contributed by atoms with Gasteiger partial charge in [-0.3, -0.25) is 0 Å². The Bertz CT molecular complexity index is 309. The highest BCUT2D eigenvalue weighted by Gasteiger charge is 2.53. The van der Waals surface area contributed by atoms with Crippen LogP contribution >= 0.6 is 0 Å². The van der Waals surface area contributed by atoms with E-state index in [1.807, 2.05) is 0 Å². The monoisotopic (exact) mass is 238 g/mol. The van der Waals surface area contributed by atoms with Crippen molar-refractivity contribution in [2.75, 3.05) is 6.61 Å². The molecule has 3 fully saturated rings. The van der Waals surface area contributed by atoms with Crippen molar-refractivity contribution in [2.24, 2.45) is 11.8 Å². The zero-order valence-electron chi connectivity index (χ0n) is 10.6. The summed E-state index contributed by atoms with van der Waals surface area (Å²) in [7, 11) is 0. The summed E-state index contributed by atoms with van der Waals surface area (Å²) in [4.78, 5) is 12.1. The minimum atomic E-state index is -0.280. The fourth-order valence-corrected chi connectivity index (χ4v) is 4.05. The minimum Gasteiger partial charge on any atom is -0.457 e. The van der Waals surface area contributed by atoms with Crippen LogP contribution in [0.4, 0.5) is 0 Å². The van der Waals surface area contributed by atoms with Crippen LogP contribution in [-0.4, -0.2) is 24.3 Å². The molecular formula is C14H22O3. The number of rotatable bonds is 3. The summed E-state index contributed by atoms with van der Waals surface area (Å²) in [5, 5.41) is 0. The molecule has 2 aliphatic carbocycles. The molecule has 2 bridgehead atoms. The largest absolute Gasteiger partial charge is 0.457 e. The van der Waals surface area contributed by atoms with Crippen LogP contribution < -0.4 is 0 Å². The van der Waals surface area contributed by atoms with E-state index in [-0.39, 0.29) is 17.7 Å². The highest BCUT2D eigenvalue weighted by atomic mass is 16.6. The van der Waals surface area contributed by atoms with Crippen molar-refractivity contribution in [3.05, 3.63) is 0 Å². The Balaban J connectivity index is 1.67. The maximum atomic E-state index is 12.1. The van der Waals surface area contributed by atoms with Crippen molar-refractivity contribution in [3.63, 3.8) is 0 Å². The number of fused-ring (bicyclic) bond motifs is 2. The summed E-state index contributed by atoms with van der Waals surface area (Å²) < 4.78 is 11.3. The number of ether oxygens (including phenoxy) is 2. The first-order valence-electron chi connectivity index (χ1n) is 7.08. The van der Waals surface area contributed by atoms with E-state index in [2.05, 4.69) is 6.92 Å². The molecule has 2 saturated carbocycles. The molecule has 0 N–H and O–H groups in total. The predicted octanol–water partition coefficient (Wildman–Crippen LogP) is 2.68. The highest BCUT2D eigenvalue weighted by molar-refractivity contribution is 5.75. The maximum Gasteiger partial charge on any atom is 0.335 e. The lowest BCUT2D eigenvalue weighted by Gasteiger charge is -2.37. The van der Waals surface area contributed by atoms with E-state index in [0.29, 0.717) is 12.5 Å². The lowest BCUT2D eigenvalue weighted by Crippen LogP contribution is -2.42. The normalized spacial score (nSPS) is 44.2. The van der Waals surface area contributed by atoms with E-state index < -0.39 is 0 Å². The molecule has 17 heavy (non-hydrogen) atoms. The van der Waals surface area contributed by atoms with Crippen LogP contribution in [0, 0.1) is 11.8 Å². The van der Waals surface area contributed by atoms with Crippen LogP contribution in [0.1, 0.15) is 51.9 Å². The quantitative estimate of drug-likeness (QED) is 0.709. The van der Waals surface area contributed by atoms with Gasteiger partial charge in [-0.1, -0.05) is 6.92 Å². The number of hydrogen-bond donors (Lipinski definition) is 0. The number of carbonyl (C=O) groups excluding carboxylic acids is 1. The van der Waals surface area contributed by atoms with Crippen LogP contribution in [0.15, 0.2) is 0 Å². The van der Waals surface area contributed by atoms with Gasteiger partial charge in [-0.25, -0.2) is 4.79 Å². The maximum absolute atomic E-state index is 12.1. The third kappa shape index (κ3) is 1.88. The Morgan fingerprint density at radius 1 is 1.41 bits per heavy atom. The molecule has 4 atom stereocenters. The zero-order valence-corrected chi connectivity index (χ0v) is 10.6. The Labute approximate surface area is 103 Å². The van der Waals surface area contributed by atoms with Crippen LogP contribution in [0.25, 0.3) is 0 Å². The van der Waals surface area contributed by atoms with E-state index in [1.165, 1.54) is 19.3 Å². The van der Waals surface area contributed by atoms with Gasteiger partial charge in [-0.15, -0.1) is 0 Å². The van der Waals surface area contributed by atoms with Gasteiger partial charge in [0.05, 0.1) is 0 Å². The first kappa shape index (κ1) is 11.5. The van der Waals surface area contributed by atoms with Crippen molar-refractivity contribution in [2.45, 2.75) is 63.6 Å². The van der Waals surface area contributed by atoms with Crippen molar-refractivity contribution in [1.82, 2.24) is 0 Å². The van der Waals surface area contributed by atoms with Gasteiger partial charge in [-0.2, -0.15) is 0 Å². The van der Waals surface area contributed by atoms with Gasteiger partial charge < -0.3 is 9.47 Å². The lowest BCUT2D eigenvalue weighted by molar-refractivity contribution is -0.177. The molecule has 3 rings (SSSR count). The predicted molar refractivity (Wildman–Crippen MR) is 63.5 cm³/mol. The van der Waals surface area contributed by atoms with Crippen molar-refractivity contribution >= 4 is 5.97 Å². The summed E-state index contributed by atoms with van der Waals surface area (Å²) >= 11 is 0. The number of carbonyl (C=O) groups is 1. The highest BCUT2D eigenvalue weighted by Crippen LogP contribution is 2.54. The Morgan fingerprint density at radius 2 is 2.29 bits per heavy atom. The summed E-state index contributed by atoms with van der Waals surface area (Å²) in [6.07, 6.45) is 7.46. The molecule has 1 saturated heterocycles. The van der Waals surface area contributed by atoms with Crippen LogP contribution in [0.5, 0.6) is 0 Å². The molecule has 0 spiro atoms. The summed E-state index contributed by atoms with van der Waals surface area (Å²) in [5.41, 5.74) is -0.147. The fourth-order valence-electron chi connectivity index (χ4n) is 4.05. The van der Waals surface area contributed by atoms with E-state index in [1.54, 1.807) is 0 Å². The molecule has 0 aromatic carbocycles.